The molecule has 1 amide bonds. The number of tetrazole rings is 1. The molecule has 0 radical (unpaired) electrons. The van der Waals surface area contributed by atoms with Crippen LogP contribution in [0.15, 0.2) is 30.6 Å². The highest BCUT2D eigenvalue weighted by atomic mass is 19.1. The number of pyridine rings is 1. The van der Waals surface area contributed by atoms with Gasteiger partial charge in [-0.15, -0.1) is 5.10 Å². The van der Waals surface area contributed by atoms with Gasteiger partial charge in [-0.05, 0) is 41.0 Å². The van der Waals surface area contributed by atoms with Gasteiger partial charge < -0.3 is 9.64 Å². The number of rotatable bonds is 3. The van der Waals surface area contributed by atoms with Gasteiger partial charge in [0.1, 0.15) is 18.0 Å². The molecule has 10 nitrogen and oxygen atoms in total. The van der Waals surface area contributed by atoms with E-state index >= 15 is 0 Å². The third kappa shape index (κ3) is 3.81. The standard InChI is InChI=1S/C24H22F2N8O2/c1-27-23-18(25)5-2-17(22(23)26)20-11-32-8-9-33(10-14(32)12-36-20)24(35)16-3-6-19-15(16)4-7-21(29-19)34-13-28-30-31-34/h2,4-5,7,13-14,16,20H,3,6,8-12H2/t14-,16?,20-/m0/s1. The fourth-order valence-electron chi connectivity index (χ4n) is 5.41. The fraction of sp³-hybridized carbons (Fsp3) is 0.417. The molecule has 3 aliphatic rings. The Morgan fingerprint density at radius 1 is 1.14 bits per heavy atom. The lowest BCUT2D eigenvalue weighted by Gasteiger charge is -2.46. The molecule has 1 aromatic carbocycles. The van der Waals surface area contributed by atoms with Crippen molar-refractivity contribution in [3.05, 3.63) is 70.5 Å². The molecule has 6 rings (SSSR count). The van der Waals surface area contributed by atoms with Crippen LogP contribution in [0.2, 0.25) is 0 Å². The first-order chi connectivity index (χ1) is 17.5. The lowest BCUT2D eigenvalue weighted by atomic mass is 9.98. The molecule has 2 saturated heterocycles. The van der Waals surface area contributed by atoms with Crippen LogP contribution in [0.25, 0.3) is 10.7 Å². The highest BCUT2D eigenvalue weighted by Gasteiger charge is 2.40. The fourth-order valence-corrected chi connectivity index (χ4v) is 5.41. The second kappa shape index (κ2) is 9.00. The van der Waals surface area contributed by atoms with Crippen LogP contribution < -0.4 is 0 Å². The maximum Gasteiger partial charge on any atom is 0.257 e. The number of fused-ring (bicyclic) bond motifs is 2. The Hall–Kier alpha value is -3.82. The Morgan fingerprint density at radius 3 is 2.81 bits per heavy atom. The van der Waals surface area contributed by atoms with Gasteiger partial charge in [0, 0.05) is 37.4 Å². The number of amides is 1. The molecule has 0 N–H and O–H groups in total. The summed E-state index contributed by atoms with van der Waals surface area (Å²) in [4.78, 5) is 25.2. The van der Waals surface area contributed by atoms with Crippen LogP contribution in [-0.4, -0.2) is 79.7 Å². The summed E-state index contributed by atoms with van der Waals surface area (Å²) < 4.78 is 35.9. The summed E-state index contributed by atoms with van der Waals surface area (Å²) in [6.07, 6.45) is 2.31. The van der Waals surface area contributed by atoms with Crippen LogP contribution in [0.5, 0.6) is 0 Å². The Bertz CT molecular complexity index is 1360. The summed E-state index contributed by atoms with van der Waals surface area (Å²) in [6, 6.07) is 6.21. The molecule has 0 bridgehead atoms. The second-order valence-corrected chi connectivity index (χ2v) is 9.22. The largest absolute Gasteiger partial charge is 0.370 e. The van der Waals surface area contributed by atoms with Crippen molar-refractivity contribution in [2.75, 3.05) is 32.8 Å². The molecule has 3 atom stereocenters. The number of hydrogen-bond donors (Lipinski definition) is 0. The van der Waals surface area contributed by atoms with Gasteiger partial charge in [0.2, 0.25) is 5.91 Å². The van der Waals surface area contributed by atoms with E-state index in [1.165, 1.54) is 17.1 Å². The van der Waals surface area contributed by atoms with Crippen molar-refractivity contribution in [2.24, 2.45) is 0 Å². The minimum absolute atomic E-state index is 0.0102. The third-order valence-electron chi connectivity index (χ3n) is 7.28. The van der Waals surface area contributed by atoms with Gasteiger partial charge >= 0.3 is 0 Å². The number of morpholine rings is 1. The molecule has 0 spiro atoms. The number of nitrogens with zero attached hydrogens (tertiary/aromatic N) is 8. The zero-order valence-corrected chi connectivity index (χ0v) is 19.2. The van der Waals surface area contributed by atoms with Gasteiger partial charge in [0.25, 0.3) is 5.69 Å². The molecule has 3 aromatic rings. The molecule has 12 heteroatoms. The molecule has 184 valence electrons. The molecule has 1 unspecified atom stereocenters. The molecule has 2 aliphatic heterocycles. The van der Waals surface area contributed by atoms with Crippen molar-refractivity contribution in [1.29, 1.82) is 0 Å². The first-order valence-corrected chi connectivity index (χ1v) is 11.8. The van der Waals surface area contributed by atoms with E-state index in [2.05, 4.69) is 30.3 Å². The molecule has 2 aromatic heterocycles. The van der Waals surface area contributed by atoms with E-state index in [1.54, 1.807) is 0 Å². The van der Waals surface area contributed by atoms with Gasteiger partial charge in [-0.3, -0.25) is 9.69 Å². The highest BCUT2D eigenvalue weighted by molar-refractivity contribution is 5.85. The zero-order chi connectivity index (χ0) is 24.8. The van der Waals surface area contributed by atoms with Crippen molar-refractivity contribution in [1.82, 2.24) is 35.0 Å². The highest BCUT2D eigenvalue weighted by Crippen LogP contribution is 2.36. The number of carbonyl (C=O) groups excluding carboxylic acids is 1. The number of benzene rings is 1. The van der Waals surface area contributed by atoms with Crippen LogP contribution in [0.1, 0.15) is 35.3 Å². The first kappa shape index (κ1) is 22.6. The van der Waals surface area contributed by atoms with Crippen LogP contribution in [-0.2, 0) is 16.0 Å². The normalized spacial score (nSPS) is 23.7. The number of ether oxygens (including phenoxy) is 1. The Balaban J connectivity index is 1.12. The van der Waals surface area contributed by atoms with Gasteiger partial charge in [-0.2, -0.15) is 4.68 Å². The number of piperazine rings is 1. The van der Waals surface area contributed by atoms with Crippen LogP contribution in [0, 0.1) is 18.2 Å². The number of halogens is 2. The second-order valence-electron chi connectivity index (χ2n) is 9.22. The molecule has 4 heterocycles. The summed E-state index contributed by atoms with van der Waals surface area (Å²) in [6.45, 7) is 9.49. The van der Waals surface area contributed by atoms with Gasteiger partial charge in [-0.1, -0.05) is 12.1 Å². The monoisotopic (exact) mass is 492 g/mol. The van der Waals surface area contributed by atoms with Crippen molar-refractivity contribution in [3.63, 3.8) is 0 Å². The molecule has 36 heavy (non-hydrogen) atoms. The molecular weight excluding hydrogens is 470 g/mol. The topological polar surface area (TPSA) is 93.6 Å². The minimum atomic E-state index is -0.873. The van der Waals surface area contributed by atoms with Crippen molar-refractivity contribution >= 4 is 11.6 Å². The maximum absolute atomic E-state index is 14.7. The van der Waals surface area contributed by atoms with E-state index in [0.717, 1.165) is 17.3 Å². The third-order valence-corrected chi connectivity index (χ3v) is 7.28. The van der Waals surface area contributed by atoms with Crippen molar-refractivity contribution in [2.45, 2.75) is 30.9 Å². The summed E-state index contributed by atoms with van der Waals surface area (Å²) in [5.41, 5.74) is 1.42. The Morgan fingerprint density at radius 2 is 2.00 bits per heavy atom. The average Bonchev–Trinajstić information content (AvgIpc) is 3.58. The van der Waals surface area contributed by atoms with E-state index in [4.69, 9.17) is 11.3 Å². The number of aromatic nitrogens is 5. The number of carbonyl (C=O) groups is 1. The smallest absolute Gasteiger partial charge is 0.257 e. The summed E-state index contributed by atoms with van der Waals surface area (Å²) >= 11 is 0. The van der Waals surface area contributed by atoms with E-state index in [0.29, 0.717) is 51.4 Å². The van der Waals surface area contributed by atoms with Gasteiger partial charge in [0.05, 0.1) is 31.2 Å². The van der Waals surface area contributed by atoms with E-state index in [9.17, 15) is 13.6 Å². The predicted molar refractivity (Wildman–Crippen MR) is 121 cm³/mol. The quantitative estimate of drug-likeness (QED) is 0.518. The van der Waals surface area contributed by atoms with Crippen LogP contribution in [0.4, 0.5) is 14.5 Å². The van der Waals surface area contributed by atoms with Crippen molar-refractivity contribution in [3.8, 4) is 5.82 Å². The summed E-state index contributed by atoms with van der Waals surface area (Å²) in [5.74, 6) is -1.27. The lowest BCUT2D eigenvalue weighted by Crippen LogP contribution is -2.60. The summed E-state index contributed by atoms with van der Waals surface area (Å²) in [5, 5.41) is 11.1. The average molecular weight is 492 g/mol. The number of aryl methyl sites for hydroxylation is 1. The molecular formula is C24H22F2N8O2. The molecule has 0 saturated carbocycles. The predicted octanol–water partition coefficient (Wildman–Crippen LogP) is 2.20. The van der Waals surface area contributed by atoms with Gasteiger partial charge in [0.15, 0.2) is 5.82 Å². The SMILES string of the molecule is [C-]#[N+]c1c(F)ccc([C@@H]2CN3CCN(C(=O)C4CCc5nc(-n6cnnn6)ccc54)C[C@H]3CO2)c1F. The summed E-state index contributed by atoms with van der Waals surface area (Å²) in [7, 11) is 0. The Kier molecular flexibility index (Phi) is 5.66. The maximum atomic E-state index is 14.7. The van der Waals surface area contributed by atoms with Crippen LogP contribution in [0.3, 0.4) is 0 Å². The number of hydrogen-bond acceptors (Lipinski definition) is 7. The van der Waals surface area contributed by atoms with Crippen LogP contribution >= 0.6 is 0 Å². The molecule has 1 aliphatic carbocycles. The van der Waals surface area contributed by atoms with E-state index < -0.39 is 23.4 Å². The Labute approximate surface area is 205 Å². The first-order valence-electron chi connectivity index (χ1n) is 11.8. The minimum Gasteiger partial charge on any atom is -0.370 e. The van der Waals surface area contributed by atoms with E-state index in [-0.39, 0.29) is 23.4 Å². The molecule has 2 fully saturated rings. The van der Waals surface area contributed by atoms with E-state index in [1.807, 2.05) is 17.0 Å². The van der Waals surface area contributed by atoms with Gasteiger partial charge in [-0.25, -0.2) is 18.6 Å². The lowest BCUT2D eigenvalue weighted by molar-refractivity contribution is -0.141. The zero-order valence-electron chi connectivity index (χ0n) is 19.2. The van der Waals surface area contributed by atoms with Crippen molar-refractivity contribution < 1.29 is 18.3 Å².